The number of fused-ring (bicyclic) bond motifs is 1. The number of hydrogen-bond donors (Lipinski definition) is 2. The molecule has 12 heteroatoms. The number of nitrogens with zero attached hydrogens (tertiary/aromatic N) is 4. The van der Waals surface area contributed by atoms with Crippen LogP contribution in [-0.4, -0.2) is 33.7 Å². The number of aromatic nitrogens is 4. The van der Waals surface area contributed by atoms with Gasteiger partial charge in [0.25, 0.3) is 11.3 Å². The molecule has 3 saturated carbocycles. The lowest BCUT2D eigenvalue weighted by molar-refractivity contribution is 0.836. The van der Waals surface area contributed by atoms with Gasteiger partial charge in [0.15, 0.2) is 5.82 Å². The van der Waals surface area contributed by atoms with E-state index >= 15 is 0 Å². The summed E-state index contributed by atoms with van der Waals surface area (Å²) in [5.74, 6) is 3.16. The number of hydrogen-bond acceptors (Lipinski definition) is 5. The second-order valence-corrected chi connectivity index (χ2v) is 18.6. The van der Waals surface area contributed by atoms with Gasteiger partial charge in [-0.15, -0.1) is 0 Å². The highest BCUT2D eigenvalue weighted by atomic mass is 79.9. The van der Waals surface area contributed by atoms with Gasteiger partial charge in [0.1, 0.15) is 0 Å². The maximum absolute atomic E-state index is 12.7. The van der Waals surface area contributed by atoms with Crippen LogP contribution in [0, 0.1) is 0 Å². The largest absolute Gasteiger partial charge is 0.388 e. The molecule has 0 radical (unpaired) electrons. The van der Waals surface area contributed by atoms with Crippen LogP contribution in [0.15, 0.2) is 118 Å². The molecule has 2 aromatic heterocycles. The Morgan fingerprint density at radius 2 is 1.21 bits per heavy atom. The molecule has 0 aliphatic heterocycles. The zero-order valence-electron chi connectivity index (χ0n) is 36.1. The van der Waals surface area contributed by atoms with Gasteiger partial charge < -0.3 is 10.2 Å². The second kappa shape index (κ2) is 21.6. The van der Waals surface area contributed by atoms with Crippen LogP contribution >= 0.6 is 62.3 Å². The minimum absolute atomic E-state index is 0.163. The average molecular weight is 988 g/mol. The fourth-order valence-electron chi connectivity index (χ4n) is 7.90. The third kappa shape index (κ3) is 11.9. The van der Waals surface area contributed by atoms with E-state index in [1.54, 1.807) is 41.0 Å². The molecule has 0 unspecified atom stereocenters. The molecule has 3 aliphatic rings. The SMILES string of the molecule is CCc1cccc(CC)c1C1CC1.CNc1cccc(N(C)Cc2cc(=O)n3[nH]c(-c4ccccc4)nc3n2)c1C1CC1.Clc1cccc(Cl)c1Br.Clc1cccc(Cl)c1C1CC1. The van der Waals surface area contributed by atoms with Crippen LogP contribution in [0.25, 0.3) is 17.2 Å². The maximum Gasteiger partial charge on any atom is 0.274 e. The summed E-state index contributed by atoms with van der Waals surface area (Å²) in [5.41, 5.74) is 11.2. The summed E-state index contributed by atoms with van der Waals surface area (Å²) in [5, 5.41) is 9.29. The zero-order chi connectivity index (χ0) is 44.6. The minimum Gasteiger partial charge on any atom is -0.388 e. The molecular weight excluding hydrogens is 934 g/mol. The van der Waals surface area contributed by atoms with Crippen LogP contribution in [0.4, 0.5) is 11.4 Å². The summed E-state index contributed by atoms with van der Waals surface area (Å²) in [6.45, 7) is 5.06. The first-order valence-corrected chi connectivity index (χ1v) is 24.0. The molecular formula is C51H53BrCl4N6O. The van der Waals surface area contributed by atoms with Crippen molar-refractivity contribution in [1.82, 2.24) is 19.6 Å². The summed E-state index contributed by atoms with van der Waals surface area (Å²) >= 11 is 26.5. The molecule has 328 valence electrons. The molecule has 0 amide bonds. The van der Waals surface area contributed by atoms with Gasteiger partial charge in [-0.25, -0.2) is 4.98 Å². The molecule has 2 heterocycles. The molecule has 7 nitrogen and oxygen atoms in total. The second-order valence-electron chi connectivity index (χ2n) is 16.2. The smallest absolute Gasteiger partial charge is 0.274 e. The van der Waals surface area contributed by atoms with E-state index in [2.05, 4.69) is 91.5 Å². The molecule has 7 aromatic rings. The Kier molecular flexibility index (Phi) is 16.0. The molecule has 10 rings (SSSR count). The van der Waals surface area contributed by atoms with Crippen molar-refractivity contribution >= 4 is 79.5 Å². The number of aryl methyl sites for hydroxylation is 2. The van der Waals surface area contributed by atoms with Crippen LogP contribution in [0.5, 0.6) is 0 Å². The Morgan fingerprint density at radius 3 is 1.75 bits per heavy atom. The Bertz CT molecular complexity index is 2650. The number of benzene rings is 5. The lowest BCUT2D eigenvalue weighted by atomic mass is 9.94. The van der Waals surface area contributed by atoms with Crippen LogP contribution in [-0.2, 0) is 19.4 Å². The molecule has 0 bridgehead atoms. The molecule has 2 N–H and O–H groups in total. The predicted molar refractivity (Wildman–Crippen MR) is 269 cm³/mol. The molecule has 63 heavy (non-hydrogen) atoms. The molecule has 3 aliphatic carbocycles. The Morgan fingerprint density at radius 1 is 0.683 bits per heavy atom. The zero-order valence-corrected chi connectivity index (χ0v) is 40.7. The van der Waals surface area contributed by atoms with Crippen molar-refractivity contribution in [2.24, 2.45) is 0 Å². The molecule has 5 aromatic carbocycles. The minimum atomic E-state index is -0.163. The first-order chi connectivity index (χ1) is 30.5. The fraction of sp³-hybridized carbons (Fsp3) is 0.314. The van der Waals surface area contributed by atoms with Crippen molar-refractivity contribution in [2.45, 2.75) is 89.5 Å². The van der Waals surface area contributed by atoms with Crippen LogP contribution in [0.1, 0.15) is 104 Å². The van der Waals surface area contributed by atoms with Crippen LogP contribution < -0.4 is 15.8 Å². The molecule has 0 spiro atoms. The van der Waals surface area contributed by atoms with E-state index in [0.717, 1.165) is 31.6 Å². The number of rotatable bonds is 10. The molecule has 0 saturated heterocycles. The number of H-pyrrole nitrogens is 1. The van der Waals surface area contributed by atoms with Crippen LogP contribution in [0.3, 0.4) is 0 Å². The van der Waals surface area contributed by atoms with E-state index in [1.165, 1.54) is 72.8 Å². The maximum atomic E-state index is 12.7. The van der Waals surface area contributed by atoms with Crippen molar-refractivity contribution < 1.29 is 0 Å². The summed E-state index contributed by atoms with van der Waals surface area (Å²) in [6, 6.07) is 35.5. The van der Waals surface area contributed by atoms with Gasteiger partial charge in [0, 0.05) is 52.7 Å². The monoisotopic (exact) mass is 984 g/mol. The van der Waals surface area contributed by atoms with Gasteiger partial charge in [0.05, 0.1) is 26.8 Å². The van der Waals surface area contributed by atoms with Crippen molar-refractivity contribution in [2.75, 3.05) is 24.3 Å². The van der Waals surface area contributed by atoms with Gasteiger partial charge >= 0.3 is 0 Å². The van der Waals surface area contributed by atoms with Crippen molar-refractivity contribution in [3.8, 4) is 11.4 Å². The highest BCUT2D eigenvalue weighted by Gasteiger charge is 2.30. The quantitative estimate of drug-likeness (QED) is 0.134. The molecule has 3 fully saturated rings. The topological polar surface area (TPSA) is 78.3 Å². The Labute approximate surface area is 399 Å². The van der Waals surface area contributed by atoms with Gasteiger partial charge in [-0.1, -0.05) is 127 Å². The van der Waals surface area contributed by atoms with Gasteiger partial charge in [-0.05, 0) is 144 Å². The summed E-state index contributed by atoms with van der Waals surface area (Å²) < 4.78 is 2.15. The van der Waals surface area contributed by atoms with Gasteiger partial charge in [-0.3, -0.25) is 9.89 Å². The first kappa shape index (κ1) is 46.7. The molecule has 0 atom stereocenters. The standard InChI is InChI=1S/C23H24N6O.C13H18.C9H8Cl2.C6H3BrCl2/c1-24-18-9-6-10-19(21(18)15-11-12-15)28(2)14-17-13-20(30)29-23(25-17)26-22(27-29)16-7-4-3-5-8-16;1-3-10-6-5-7-11(4-2)13(10)12-8-9-12;10-7-2-1-3-8(11)9(7)6-4-5-6;7-6-4(8)2-1-3-5(6)9/h3-10,13,15,24H,11-12,14H2,1-2H3,(H,25,26,27);5-7,12H,3-4,8-9H2,1-2H3;1-3,6H,4-5H2;1-3H. The Hall–Kier alpha value is -4.31. The summed E-state index contributed by atoms with van der Waals surface area (Å²) in [6.07, 6.45) is 10.2. The van der Waals surface area contributed by atoms with E-state index in [1.807, 2.05) is 62.6 Å². The van der Waals surface area contributed by atoms with E-state index in [-0.39, 0.29) is 5.56 Å². The lowest BCUT2D eigenvalue weighted by Crippen LogP contribution is -2.22. The lowest BCUT2D eigenvalue weighted by Gasteiger charge is -2.24. The summed E-state index contributed by atoms with van der Waals surface area (Å²) in [7, 11) is 4.01. The van der Waals surface area contributed by atoms with Gasteiger partial charge in [-0.2, -0.15) is 9.50 Å². The van der Waals surface area contributed by atoms with Crippen molar-refractivity contribution in [3.63, 3.8) is 0 Å². The van der Waals surface area contributed by atoms with Gasteiger partial charge in [0.2, 0.25) is 0 Å². The predicted octanol–water partition coefficient (Wildman–Crippen LogP) is 15.0. The Balaban J connectivity index is 0.000000147. The third-order valence-electron chi connectivity index (χ3n) is 11.5. The third-order valence-corrected chi connectivity index (χ3v) is 14.1. The van der Waals surface area contributed by atoms with E-state index in [9.17, 15) is 4.79 Å². The van der Waals surface area contributed by atoms with E-state index in [4.69, 9.17) is 46.4 Å². The van der Waals surface area contributed by atoms with E-state index < -0.39 is 0 Å². The highest BCUT2D eigenvalue weighted by molar-refractivity contribution is 9.10. The normalized spacial score (nSPS) is 14.1. The van der Waals surface area contributed by atoms with Crippen molar-refractivity contribution in [1.29, 1.82) is 0 Å². The first-order valence-electron chi connectivity index (χ1n) is 21.7. The fourth-order valence-corrected chi connectivity index (χ4v) is 9.26. The number of aromatic amines is 1. The number of anilines is 2. The number of halogens is 5. The average Bonchev–Trinajstić information content (AvgIpc) is 4.16. The number of nitrogens with one attached hydrogen (secondary N) is 2. The highest BCUT2D eigenvalue weighted by Crippen LogP contribution is 2.48. The van der Waals surface area contributed by atoms with Crippen LogP contribution in [0.2, 0.25) is 20.1 Å². The van der Waals surface area contributed by atoms with Crippen molar-refractivity contribution in [3.05, 3.63) is 178 Å². The van der Waals surface area contributed by atoms with E-state index in [0.29, 0.717) is 45.7 Å². The summed E-state index contributed by atoms with van der Waals surface area (Å²) in [4.78, 5) is 24.0.